The van der Waals surface area contributed by atoms with E-state index < -0.39 is 24.4 Å². The number of hydrogen-bond donors (Lipinski definition) is 2. The van der Waals surface area contributed by atoms with Crippen LogP contribution in [0, 0.1) is 0 Å². The summed E-state index contributed by atoms with van der Waals surface area (Å²) in [5, 5.41) is 9.68. The van der Waals surface area contributed by atoms with Crippen LogP contribution in [0.1, 0.15) is 19.8 Å². The molecule has 0 aromatic heterocycles. The molecule has 0 aromatic carbocycles. The normalized spacial score (nSPS) is 28.9. The number of halogens is 3. The third kappa shape index (κ3) is 4.30. The van der Waals surface area contributed by atoms with E-state index in [2.05, 4.69) is 0 Å². The van der Waals surface area contributed by atoms with Crippen LogP contribution in [-0.4, -0.2) is 72.5 Å². The average Bonchev–Trinajstić information content (AvgIpc) is 2.56. The molecule has 0 bridgehead atoms. The van der Waals surface area contributed by atoms with Gasteiger partial charge in [-0.2, -0.15) is 13.2 Å². The van der Waals surface area contributed by atoms with Gasteiger partial charge >= 0.3 is 6.18 Å². The standard InChI is InChI=1S/C12H24F3N3O/c1-4-10(16)11(12(13,14)15)18-7-9(19)5-8(18)6-17(2)3/h8-11,19H,4-7,16H2,1-3H3. The second-order valence-electron chi connectivity index (χ2n) is 5.56. The van der Waals surface area contributed by atoms with Crippen LogP contribution in [0.4, 0.5) is 13.2 Å². The molecule has 7 heteroatoms. The number of hydrogen-bond acceptors (Lipinski definition) is 4. The number of rotatable bonds is 5. The van der Waals surface area contributed by atoms with Crippen molar-refractivity contribution in [3.05, 3.63) is 0 Å². The predicted octanol–water partition coefficient (Wildman–Crippen LogP) is 0.651. The molecular formula is C12H24F3N3O. The molecule has 1 rings (SSSR count). The van der Waals surface area contributed by atoms with Gasteiger partial charge in [0.15, 0.2) is 0 Å². The van der Waals surface area contributed by atoms with Crippen LogP contribution in [0.2, 0.25) is 0 Å². The lowest BCUT2D eigenvalue weighted by Gasteiger charge is -2.38. The third-order valence-corrected chi connectivity index (χ3v) is 3.58. The molecule has 19 heavy (non-hydrogen) atoms. The summed E-state index contributed by atoms with van der Waals surface area (Å²) in [6.07, 6.45) is -4.46. The summed E-state index contributed by atoms with van der Waals surface area (Å²) in [5.74, 6) is 0. The van der Waals surface area contributed by atoms with E-state index in [0.717, 1.165) is 0 Å². The minimum atomic E-state index is -4.37. The average molecular weight is 283 g/mol. The molecule has 3 N–H and O–H groups in total. The summed E-state index contributed by atoms with van der Waals surface area (Å²) in [4.78, 5) is 3.17. The second-order valence-corrected chi connectivity index (χ2v) is 5.56. The first-order chi connectivity index (χ1) is 8.66. The maximum absolute atomic E-state index is 13.2. The molecule has 1 aliphatic rings. The minimum Gasteiger partial charge on any atom is -0.392 e. The van der Waals surface area contributed by atoms with E-state index in [1.54, 1.807) is 6.92 Å². The van der Waals surface area contributed by atoms with Crippen molar-refractivity contribution < 1.29 is 18.3 Å². The fraction of sp³-hybridized carbons (Fsp3) is 1.00. The van der Waals surface area contributed by atoms with Gasteiger partial charge in [0.25, 0.3) is 0 Å². The number of nitrogens with zero attached hydrogens (tertiary/aromatic N) is 2. The van der Waals surface area contributed by atoms with Crippen LogP contribution < -0.4 is 5.73 Å². The summed E-state index contributed by atoms with van der Waals surface area (Å²) in [6, 6.07) is -2.95. The van der Waals surface area contributed by atoms with Crippen molar-refractivity contribution in [1.82, 2.24) is 9.80 Å². The molecule has 1 aliphatic heterocycles. The monoisotopic (exact) mass is 283 g/mol. The van der Waals surface area contributed by atoms with Crippen molar-refractivity contribution in [1.29, 1.82) is 0 Å². The first-order valence-corrected chi connectivity index (χ1v) is 6.57. The Morgan fingerprint density at radius 3 is 2.42 bits per heavy atom. The SMILES string of the molecule is CCC(N)C(N1CC(O)CC1CN(C)C)C(F)(F)F. The first kappa shape index (κ1) is 16.7. The van der Waals surface area contributed by atoms with Crippen LogP contribution in [0.15, 0.2) is 0 Å². The molecule has 4 nitrogen and oxygen atoms in total. The second kappa shape index (κ2) is 6.39. The number of likely N-dealkylation sites (N-methyl/N-ethyl adjacent to an activating group) is 1. The van der Waals surface area contributed by atoms with Crippen molar-refractivity contribution >= 4 is 0 Å². The summed E-state index contributed by atoms with van der Waals surface area (Å²) in [7, 11) is 3.62. The van der Waals surface area contributed by atoms with E-state index in [-0.39, 0.29) is 19.0 Å². The number of aliphatic hydroxyl groups is 1. The summed E-state index contributed by atoms with van der Waals surface area (Å²) in [5.41, 5.74) is 5.66. The fourth-order valence-electron chi connectivity index (χ4n) is 2.76. The number of likely N-dealkylation sites (tertiary alicyclic amines) is 1. The zero-order valence-electron chi connectivity index (χ0n) is 11.7. The predicted molar refractivity (Wildman–Crippen MR) is 67.8 cm³/mol. The fourth-order valence-corrected chi connectivity index (χ4v) is 2.76. The number of alkyl halides is 3. The van der Waals surface area contributed by atoms with Gasteiger partial charge in [-0.3, -0.25) is 4.90 Å². The van der Waals surface area contributed by atoms with E-state index in [1.165, 1.54) is 4.90 Å². The van der Waals surface area contributed by atoms with Gasteiger partial charge < -0.3 is 15.7 Å². The van der Waals surface area contributed by atoms with Crippen molar-refractivity contribution in [3.63, 3.8) is 0 Å². The largest absolute Gasteiger partial charge is 0.405 e. The Hall–Kier alpha value is -0.370. The first-order valence-electron chi connectivity index (χ1n) is 6.57. The molecule has 4 atom stereocenters. The van der Waals surface area contributed by atoms with Gasteiger partial charge in [0.1, 0.15) is 6.04 Å². The van der Waals surface area contributed by atoms with Crippen LogP contribution in [0.5, 0.6) is 0 Å². The zero-order chi connectivity index (χ0) is 14.8. The van der Waals surface area contributed by atoms with Crippen molar-refractivity contribution in [3.8, 4) is 0 Å². The van der Waals surface area contributed by atoms with Gasteiger partial charge in [-0.25, -0.2) is 0 Å². The Balaban J connectivity index is 2.92. The van der Waals surface area contributed by atoms with Gasteiger partial charge in [0.05, 0.1) is 6.10 Å². The van der Waals surface area contributed by atoms with Crippen molar-refractivity contribution in [2.45, 2.75) is 50.2 Å². The van der Waals surface area contributed by atoms with Crippen molar-refractivity contribution in [2.75, 3.05) is 27.2 Å². The Morgan fingerprint density at radius 1 is 1.42 bits per heavy atom. The van der Waals surface area contributed by atoms with Gasteiger partial charge in [-0.15, -0.1) is 0 Å². The van der Waals surface area contributed by atoms with Gasteiger partial charge in [-0.05, 0) is 26.9 Å². The summed E-state index contributed by atoms with van der Waals surface area (Å²) >= 11 is 0. The number of β-amino-alcohol motifs (C(OH)–C–C–N with tert-alkyl or cyclic N) is 1. The Labute approximate surface area is 112 Å². The van der Waals surface area contributed by atoms with E-state index in [9.17, 15) is 18.3 Å². The van der Waals surface area contributed by atoms with E-state index >= 15 is 0 Å². The molecule has 0 saturated carbocycles. The Morgan fingerprint density at radius 2 is 2.00 bits per heavy atom. The van der Waals surface area contributed by atoms with Crippen LogP contribution in [0.25, 0.3) is 0 Å². The topological polar surface area (TPSA) is 52.7 Å². The highest BCUT2D eigenvalue weighted by Gasteiger charge is 2.51. The highest BCUT2D eigenvalue weighted by Crippen LogP contribution is 2.33. The molecule has 0 aromatic rings. The number of nitrogens with two attached hydrogens (primary N) is 1. The molecule has 4 unspecified atom stereocenters. The lowest BCUT2D eigenvalue weighted by atomic mass is 10.0. The third-order valence-electron chi connectivity index (χ3n) is 3.58. The molecule has 1 heterocycles. The molecule has 0 spiro atoms. The highest BCUT2D eigenvalue weighted by molar-refractivity contribution is 4.97. The lowest BCUT2D eigenvalue weighted by molar-refractivity contribution is -0.192. The number of aliphatic hydroxyl groups excluding tert-OH is 1. The van der Waals surface area contributed by atoms with Gasteiger partial charge in [0, 0.05) is 25.2 Å². The van der Waals surface area contributed by atoms with E-state index in [0.29, 0.717) is 13.0 Å². The molecular weight excluding hydrogens is 259 g/mol. The maximum atomic E-state index is 13.2. The zero-order valence-corrected chi connectivity index (χ0v) is 11.7. The van der Waals surface area contributed by atoms with Gasteiger partial charge in [-0.1, -0.05) is 6.92 Å². The van der Waals surface area contributed by atoms with Crippen LogP contribution in [0.3, 0.4) is 0 Å². The van der Waals surface area contributed by atoms with Crippen LogP contribution >= 0.6 is 0 Å². The quantitative estimate of drug-likeness (QED) is 0.778. The minimum absolute atomic E-state index is 0.0381. The Bertz CT molecular complexity index is 286. The maximum Gasteiger partial charge on any atom is 0.405 e. The van der Waals surface area contributed by atoms with Gasteiger partial charge in [0.2, 0.25) is 0 Å². The highest BCUT2D eigenvalue weighted by atomic mass is 19.4. The molecule has 1 fully saturated rings. The molecule has 1 saturated heterocycles. The molecule has 0 radical (unpaired) electrons. The van der Waals surface area contributed by atoms with Crippen molar-refractivity contribution in [2.24, 2.45) is 5.73 Å². The summed E-state index contributed by atoms with van der Waals surface area (Å²) < 4.78 is 39.7. The van der Waals surface area contributed by atoms with E-state index in [4.69, 9.17) is 5.73 Å². The molecule has 114 valence electrons. The Kier molecular flexibility index (Phi) is 5.61. The molecule has 0 amide bonds. The van der Waals surface area contributed by atoms with E-state index in [1.807, 2.05) is 19.0 Å². The summed E-state index contributed by atoms with van der Waals surface area (Å²) in [6.45, 7) is 2.17. The smallest absolute Gasteiger partial charge is 0.392 e. The van der Waals surface area contributed by atoms with Crippen LogP contribution in [-0.2, 0) is 0 Å². The molecule has 0 aliphatic carbocycles. The lowest BCUT2D eigenvalue weighted by Crippen LogP contribution is -2.58.